The van der Waals surface area contributed by atoms with Crippen molar-refractivity contribution < 1.29 is 9.53 Å². The van der Waals surface area contributed by atoms with Crippen LogP contribution in [0, 0.1) is 5.41 Å². The Labute approximate surface area is 210 Å². The van der Waals surface area contributed by atoms with Crippen molar-refractivity contribution in [2.75, 3.05) is 49.6 Å². The average molecular weight is 490 g/mol. The summed E-state index contributed by atoms with van der Waals surface area (Å²) in [5.41, 5.74) is 3.47. The van der Waals surface area contributed by atoms with Crippen molar-refractivity contribution in [2.24, 2.45) is 5.41 Å². The maximum absolute atomic E-state index is 12.0. The lowest BCUT2D eigenvalue weighted by molar-refractivity contribution is -0.136. The fourth-order valence-electron chi connectivity index (χ4n) is 5.91. The number of hydrogen-bond donors (Lipinski definition) is 0. The number of anilines is 2. The Balaban J connectivity index is 1.29. The summed E-state index contributed by atoms with van der Waals surface area (Å²) in [6.45, 7) is 8.53. The van der Waals surface area contributed by atoms with Gasteiger partial charge in [-0.05, 0) is 36.4 Å². The van der Waals surface area contributed by atoms with Gasteiger partial charge >= 0.3 is 6.01 Å². The van der Waals surface area contributed by atoms with Gasteiger partial charge in [-0.3, -0.25) is 4.79 Å². The Morgan fingerprint density at radius 3 is 2.69 bits per heavy atom. The van der Waals surface area contributed by atoms with Crippen molar-refractivity contribution in [3.63, 3.8) is 0 Å². The molecule has 0 aliphatic carbocycles. The summed E-state index contributed by atoms with van der Waals surface area (Å²) in [5, 5.41) is 2.97. The number of carbonyl (C=O) groups is 1. The van der Waals surface area contributed by atoms with E-state index in [2.05, 4.69) is 40.6 Å². The van der Waals surface area contributed by atoms with Crippen LogP contribution in [0.15, 0.2) is 49.1 Å². The summed E-state index contributed by atoms with van der Waals surface area (Å²) in [6, 6.07) is 12.7. The Hall–Kier alpha value is -3.32. The molecule has 6 rings (SSSR count). The molecule has 8 heteroatoms. The third-order valence-corrected chi connectivity index (χ3v) is 7.97. The van der Waals surface area contributed by atoms with Crippen molar-refractivity contribution in [1.82, 2.24) is 14.9 Å². The molecule has 7 nitrogen and oxygen atoms in total. The standard InChI is InChI=1S/C27H28ClN5O2/c1-3-23(34)33-16-27(17-33)11-13-32(15-27)25-19-10-12-31(14-21(19)29-26(30-25)35-2)22-9-5-7-18-6-4-8-20(28)24(18)22/h3-9H,1,10-17H2,2H3. The number of hydrogen-bond acceptors (Lipinski definition) is 6. The monoisotopic (exact) mass is 489 g/mol. The van der Waals surface area contributed by atoms with Crippen LogP contribution >= 0.6 is 11.6 Å². The number of ether oxygens (including phenoxy) is 1. The molecule has 1 amide bonds. The first-order valence-corrected chi connectivity index (χ1v) is 12.4. The summed E-state index contributed by atoms with van der Waals surface area (Å²) in [7, 11) is 1.62. The van der Waals surface area contributed by atoms with E-state index in [1.807, 2.05) is 17.0 Å². The highest BCUT2D eigenvalue weighted by Crippen LogP contribution is 2.43. The quantitative estimate of drug-likeness (QED) is 0.515. The molecule has 3 aliphatic rings. The minimum atomic E-state index is 0.0174. The van der Waals surface area contributed by atoms with Crippen LogP contribution in [0.3, 0.4) is 0 Å². The highest BCUT2D eigenvalue weighted by atomic mass is 35.5. The van der Waals surface area contributed by atoms with Crippen LogP contribution in [0.5, 0.6) is 6.01 Å². The molecule has 0 N–H and O–H groups in total. The van der Waals surface area contributed by atoms with Crippen molar-refractivity contribution in [2.45, 2.75) is 19.4 Å². The molecular weight excluding hydrogens is 462 g/mol. The highest BCUT2D eigenvalue weighted by molar-refractivity contribution is 6.36. The molecule has 0 radical (unpaired) electrons. The maximum Gasteiger partial charge on any atom is 0.318 e. The summed E-state index contributed by atoms with van der Waals surface area (Å²) in [6.07, 6.45) is 3.30. The Bertz CT molecular complexity index is 1330. The third kappa shape index (κ3) is 3.69. The van der Waals surface area contributed by atoms with Gasteiger partial charge in [-0.25, -0.2) is 0 Å². The van der Waals surface area contributed by atoms with Crippen LogP contribution in [0.1, 0.15) is 17.7 Å². The zero-order chi connectivity index (χ0) is 24.2. The van der Waals surface area contributed by atoms with Gasteiger partial charge in [0.05, 0.1) is 24.4 Å². The molecule has 35 heavy (non-hydrogen) atoms. The van der Waals surface area contributed by atoms with Gasteiger partial charge in [-0.2, -0.15) is 9.97 Å². The largest absolute Gasteiger partial charge is 0.467 e. The lowest BCUT2D eigenvalue weighted by Crippen LogP contribution is -2.59. The molecule has 0 bridgehead atoms. The van der Waals surface area contributed by atoms with E-state index < -0.39 is 0 Å². The van der Waals surface area contributed by atoms with Gasteiger partial charge in [0.25, 0.3) is 0 Å². The number of benzene rings is 2. The zero-order valence-electron chi connectivity index (χ0n) is 19.8. The molecule has 2 saturated heterocycles. The normalized spacial score (nSPS) is 18.5. The fraction of sp³-hybridized carbons (Fsp3) is 0.370. The molecule has 2 aromatic carbocycles. The zero-order valence-corrected chi connectivity index (χ0v) is 20.6. The molecule has 0 saturated carbocycles. The van der Waals surface area contributed by atoms with Gasteiger partial charge in [0.2, 0.25) is 5.91 Å². The van der Waals surface area contributed by atoms with Crippen LogP contribution in [0.25, 0.3) is 10.8 Å². The van der Waals surface area contributed by atoms with Crippen molar-refractivity contribution in [3.8, 4) is 6.01 Å². The second-order valence-corrected chi connectivity index (χ2v) is 10.2. The van der Waals surface area contributed by atoms with E-state index in [4.69, 9.17) is 26.3 Å². The van der Waals surface area contributed by atoms with Crippen LogP contribution in [0.4, 0.5) is 11.5 Å². The molecule has 1 spiro atoms. The Morgan fingerprint density at radius 2 is 1.91 bits per heavy atom. The number of likely N-dealkylation sites (tertiary alicyclic amines) is 1. The fourth-order valence-corrected chi connectivity index (χ4v) is 6.19. The van der Waals surface area contributed by atoms with Gasteiger partial charge < -0.3 is 19.4 Å². The molecular formula is C27H28ClN5O2. The lowest BCUT2D eigenvalue weighted by Gasteiger charge is -2.47. The van der Waals surface area contributed by atoms with Crippen molar-refractivity contribution in [1.29, 1.82) is 0 Å². The van der Waals surface area contributed by atoms with Crippen LogP contribution in [-0.4, -0.2) is 60.6 Å². The Kier molecular flexibility index (Phi) is 5.33. The topological polar surface area (TPSA) is 61.8 Å². The minimum Gasteiger partial charge on any atom is -0.467 e. The Morgan fingerprint density at radius 1 is 1.11 bits per heavy atom. The molecule has 3 aliphatic heterocycles. The van der Waals surface area contributed by atoms with E-state index in [-0.39, 0.29) is 11.3 Å². The second-order valence-electron chi connectivity index (χ2n) is 9.82. The van der Waals surface area contributed by atoms with Crippen LogP contribution in [-0.2, 0) is 17.8 Å². The van der Waals surface area contributed by atoms with Gasteiger partial charge in [0.15, 0.2) is 0 Å². The second kappa shape index (κ2) is 8.41. The first kappa shape index (κ1) is 22.2. The molecule has 4 heterocycles. The molecule has 1 aromatic heterocycles. The predicted octanol–water partition coefficient (Wildman–Crippen LogP) is 4.08. The van der Waals surface area contributed by atoms with E-state index >= 15 is 0 Å². The van der Waals surface area contributed by atoms with E-state index in [0.29, 0.717) is 12.6 Å². The summed E-state index contributed by atoms with van der Waals surface area (Å²) in [4.78, 5) is 28.1. The number of methoxy groups -OCH3 is 1. The number of nitrogens with zero attached hydrogens (tertiary/aromatic N) is 5. The third-order valence-electron chi connectivity index (χ3n) is 7.65. The number of amides is 1. The highest BCUT2D eigenvalue weighted by Gasteiger charge is 2.49. The van der Waals surface area contributed by atoms with Gasteiger partial charge in [-0.15, -0.1) is 0 Å². The molecule has 0 atom stereocenters. The van der Waals surface area contributed by atoms with E-state index in [1.54, 1.807) is 7.11 Å². The van der Waals surface area contributed by atoms with Crippen molar-refractivity contribution in [3.05, 3.63) is 65.3 Å². The SMILES string of the molecule is C=CC(=O)N1CC2(CCN(c3nc(OC)nc4c3CCN(c3cccc5cccc(Cl)c35)C4)C2)C1. The molecule has 180 valence electrons. The molecule has 3 aromatic rings. The molecule has 0 unspecified atom stereocenters. The number of carbonyl (C=O) groups excluding carboxylic acids is 1. The van der Waals surface area contributed by atoms with Crippen molar-refractivity contribution >= 4 is 39.8 Å². The number of halogens is 1. The van der Waals surface area contributed by atoms with Crippen LogP contribution < -0.4 is 14.5 Å². The first-order chi connectivity index (χ1) is 17.0. The van der Waals surface area contributed by atoms with Gasteiger partial charge in [-0.1, -0.05) is 42.4 Å². The lowest BCUT2D eigenvalue weighted by atomic mass is 9.79. The first-order valence-electron chi connectivity index (χ1n) is 12.0. The predicted molar refractivity (Wildman–Crippen MR) is 138 cm³/mol. The average Bonchev–Trinajstić information content (AvgIpc) is 3.32. The van der Waals surface area contributed by atoms with E-state index in [9.17, 15) is 4.79 Å². The number of rotatable bonds is 4. The molecule has 2 fully saturated rings. The number of aromatic nitrogens is 2. The van der Waals surface area contributed by atoms with Crippen LogP contribution in [0.2, 0.25) is 5.02 Å². The summed E-state index contributed by atoms with van der Waals surface area (Å²) < 4.78 is 5.51. The summed E-state index contributed by atoms with van der Waals surface area (Å²) >= 11 is 6.62. The van der Waals surface area contributed by atoms with Gasteiger partial charge in [0, 0.05) is 54.8 Å². The van der Waals surface area contributed by atoms with E-state index in [0.717, 1.165) is 78.6 Å². The van der Waals surface area contributed by atoms with Gasteiger partial charge in [0.1, 0.15) is 5.82 Å². The smallest absolute Gasteiger partial charge is 0.318 e. The maximum atomic E-state index is 12.0. The van der Waals surface area contributed by atoms with E-state index in [1.165, 1.54) is 11.6 Å². The number of fused-ring (bicyclic) bond motifs is 2. The summed E-state index contributed by atoms with van der Waals surface area (Å²) in [5.74, 6) is 0.997. The minimum absolute atomic E-state index is 0.0174.